The molecule has 120 valence electrons. The summed E-state index contributed by atoms with van der Waals surface area (Å²) in [4.78, 5) is 23.2. The van der Waals surface area contributed by atoms with Crippen molar-refractivity contribution in [1.29, 1.82) is 0 Å². The fourth-order valence-corrected chi connectivity index (χ4v) is 1.88. The van der Waals surface area contributed by atoms with Crippen molar-refractivity contribution in [2.75, 3.05) is 6.61 Å². The summed E-state index contributed by atoms with van der Waals surface area (Å²) < 4.78 is 10.4. The number of unbranched alkanes of at least 4 members (excludes halogenated alkanes) is 3. The number of allylic oxidation sites excluding steroid dienone is 1. The molecule has 0 aromatic rings. The van der Waals surface area contributed by atoms with Crippen molar-refractivity contribution in [3.63, 3.8) is 0 Å². The summed E-state index contributed by atoms with van der Waals surface area (Å²) in [6, 6.07) is -0.314. The third-order valence-electron chi connectivity index (χ3n) is 3.25. The second kappa shape index (κ2) is 8.05. The fraction of sp³-hybridized carbons (Fsp3) is 0.750. The molecule has 1 amide bonds. The standard InChI is InChI=1S/C16H27NO4/c1-5-6-7-8-9-10-13(12-11-20-15(19)17-12)21-14(18)16(2,3)4/h9-10,12-13H,5-8,11H2,1-4H3,(H,17,19)/b10-9+/t12-,13+/m1/s1. The molecule has 1 aliphatic rings. The molecule has 0 saturated carbocycles. The zero-order chi connectivity index (χ0) is 15.9. The highest BCUT2D eigenvalue weighted by Gasteiger charge is 2.34. The van der Waals surface area contributed by atoms with Gasteiger partial charge in [0.2, 0.25) is 0 Å². The molecule has 0 aromatic heterocycles. The number of carbonyl (C=O) groups is 2. The first-order valence-corrected chi connectivity index (χ1v) is 7.65. The predicted octanol–water partition coefficient (Wildman–Crippen LogP) is 3.19. The Balaban J connectivity index is 2.62. The van der Waals surface area contributed by atoms with Crippen LogP contribution in [0.4, 0.5) is 4.79 Å². The van der Waals surface area contributed by atoms with Crippen LogP contribution in [0.15, 0.2) is 12.2 Å². The van der Waals surface area contributed by atoms with E-state index in [-0.39, 0.29) is 18.6 Å². The Kier molecular flexibility index (Phi) is 6.72. The maximum absolute atomic E-state index is 12.0. The minimum atomic E-state index is -0.572. The van der Waals surface area contributed by atoms with Crippen molar-refractivity contribution in [3.05, 3.63) is 12.2 Å². The van der Waals surface area contributed by atoms with Crippen LogP contribution in [0.1, 0.15) is 53.4 Å². The van der Waals surface area contributed by atoms with E-state index >= 15 is 0 Å². The lowest BCUT2D eigenvalue weighted by atomic mass is 9.97. The highest BCUT2D eigenvalue weighted by atomic mass is 16.6. The van der Waals surface area contributed by atoms with E-state index in [2.05, 4.69) is 12.2 Å². The van der Waals surface area contributed by atoms with Gasteiger partial charge < -0.3 is 14.8 Å². The van der Waals surface area contributed by atoms with Crippen LogP contribution in [0.2, 0.25) is 0 Å². The van der Waals surface area contributed by atoms with Crippen LogP contribution in [0.5, 0.6) is 0 Å². The predicted molar refractivity (Wildman–Crippen MR) is 80.9 cm³/mol. The van der Waals surface area contributed by atoms with E-state index in [0.29, 0.717) is 0 Å². The average molecular weight is 297 g/mol. The van der Waals surface area contributed by atoms with E-state index < -0.39 is 17.6 Å². The van der Waals surface area contributed by atoms with Gasteiger partial charge >= 0.3 is 12.1 Å². The topological polar surface area (TPSA) is 64.6 Å². The summed E-state index contributed by atoms with van der Waals surface area (Å²) in [5.41, 5.74) is -0.572. The van der Waals surface area contributed by atoms with Crippen LogP contribution in [0.25, 0.3) is 0 Å². The second-order valence-electron chi connectivity index (χ2n) is 6.39. The van der Waals surface area contributed by atoms with Crippen LogP contribution in [-0.2, 0) is 14.3 Å². The fourth-order valence-electron chi connectivity index (χ4n) is 1.88. The molecule has 0 spiro atoms. The number of alkyl carbamates (subject to hydrolysis) is 1. The molecular formula is C16H27NO4. The number of hydrogen-bond acceptors (Lipinski definition) is 4. The molecule has 1 N–H and O–H groups in total. The van der Waals surface area contributed by atoms with Crippen LogP contribution < -0.4 is 5.32 Å². The van der Waals surface area contributed by atoms with Gasteiger partial charge in [0.15, 0.2) is 0 Å². The van der Waals surface area contributed by atoms with Crippen molar-refractivity contribution >= 4 is 12.1 Å². The summed E-state index contributed by atoms with van der Waals surface area (Å²) in [5, 5.41) is 2.67. The van der Waals surface area contributed by atoms with Gasteiger partial charge in [-0.1, -0.05) is 25.8 Å². The Bertz CT molecular complexity index is 384. The lowest BCUT2D eigenvalue weighted by molar-refractivity contribution is -0.157. The van der Waals surface area contributed by atoms with E-state index in [9.17, 15) is 9.59 Å². The Morgan fingerprint density at radius 2 is 2.19 bits per heavy atom. The molecule has 0 bridgehead atoms. The van der Waals surface area contributed by atoms with Gasteiger partial charge in [-0.2, -0.15) is 0 Å². The molecule has 5 nitrogen and oxygen atoms in total. The molecule has 0 aliphatic carbocycles. The van der Waals surface area contributed by atoms with Gasteiger partial charge in [0.25, 0.3) is 0 Å². The number of nitrogens with one attached hydrogen (secondary N) is 1. The second-order valence-corrected chi connectivity index (χ2v) is 6.39. The highest BCUT2D eigenvalue weighted by Crippen LogP contribution is 2.19. The van der Waals surface area contributed by atoms with Gasteiger partial charge in [-0.05, 0) is 39.7 Å². The van der Waals surface area contributed by atoms with Gasteiger partial charge in [-0.3, -0.25) is 4.79 Å². The van der Waals surface area contributed by atoms with Crippen molar-refractivity contribution in [2.24, 2.45) is 5.41 Å². The van der Waals surface area contributed by atoms with Crippen molar-refractivity contribution in [3.8, 4) is 0 Å². The zero-order valence-corrected chi connectivity index (χ0v) is 13.5. The molecule has 2 atom stereocenters. The summed E-state index contributed by atoms with van der Waals surface area (Å²) in [7, 11) is 0. The number of amides is 1. The summed E-state index contributed by atoms with van der Waals surface area (Å²) in [5.74, 6) is -0.285. The number of carbonyl (C=O) groups excluding carboxylic acids is 2. The number of esters is 1. The first kappa shape index (κ1) is 17.5. The van der Waals surface area contributed by atoms with Crippen LogP contribution >= 0.6 is 0 Å². The highest BCUT2D eigenvalue weighted by molar-refractivity contribution is 5.76. The molecule has 5 heteroatoms. The van der Waals surface area contributed by atoms with E-state index in [1.165, 1.54) is 12.8 Å². The quantitative estimate of drug-likeness (QED) is 0.445. The normalized spacial score (nSPS) is 20.2. The largest absolute Gasteiger partial charge is 0.455 e. The summed E-state index contributed by atoms with van der Waals surface area (Å²) >= 11 is 0. The number of rotatable bonds is 7. The lowest BCUT2D eigenvalue weighted by Gasteiger charge is -2.24. The van der Waals surface area contributed by atoms with Gasteiger partial charge in [0, 0.05) is 0 Å². The zero-order valence-electron chi connectivity index (χ0n) is 13.5. The third kappa shape index (κ3) is 6.19. The molecule has 0 radical (unpaired) electrons. The monoisotopic (exact) mass is 297 g/mol. The minimum Gasteiger partial charge on any atom is -0.455 e. The van der Waals surface area contributed by atoms with E-state index in [1.807, 2.05) is 12.2 Å². The van der Waals surface area contributed by atoms with Crippen molar-refractivity contribution < 1.29 is 19.1 Å². The first-order chi connectivity index (χ1) is 9.84. The van der Waals surface area contributed by atoms with Gasteiger partial charge in [0.05, 0.1) is 5.41 Å². The molecule has 1 saturated heterocycles. The van der Waals surface area contributed by atoms with E-state index in [4.69, 9.17) is 9.47 Å². The summed E-state index contributed by atoms with van der Waals surface area (Å²) in [6.45, 7) is 7.80. The molecule has 0 unspecified atom stereocenters. The Morgan fingerprint density at radius 1 is 1.48 bits per heavy atom. The molecular weight excluding hydrogens is 270 g/mol. The minimum absolute atomic E-state index is 0.222. The first-order valence-electron chi connectivity index (χ1n) is 7.65. The van der Waals surface area contributed by atoms with Crippen molar-refractivity contribution in [1.82, 2.24) is 5.32 Å². The van der Waals surface area contributed by atoms with Gasteiger partial charge in [-0.25, -0.2) is 4.79 Å². The Hall–Kier alpha value is -1.52. The van der Waals surface area contributed by atoms with E-state index in [1.54, 1.807) is 20.8 Å². The van der Waals surface area contributed by atoms with Crippen LogP contribution in [-0.4, -0.2) is 30.8 Å². The maximum Gasteiger partial charge on any atom is 0.407 e. The third-order valence-corrected chi connectivity index (χ3v) is 3.25. The van der Waals surface area contributed by atoms with E-state index in [0.717, 1.165) is 12.8 Å². The van der Waals surface area contributed by atoms with Gasteiger partial charge in [-0.15, -0.1) is 0 Å². The van der Waals surface area contributed by atoms with Gasteiger partial charge in [0.1, 0.15) is 18.8 Å². The Labute approximate surface area is 127 Å². The maximum atomic E-state index is 12.0. The number of ether oxygens (including phenoxy) is 2. The molecule has 0 aromatic carbocycles. The average Bonchev–Trinajstić information content (AvgIpc) is 2.82. The molecule has 1 rings (SSSR count). The molecule has 1 fully saturated rings. The molecule has 21 heavy (non-hydrogen) atoms. The van der Waals surface area contributed by atoms with Crippen LogP contribution in [0, 0.1) is 5.41 Å². The number of hydrogen-bond donors (Lipinski definition) is 1. The van der Waals surface area contributed by atoms with Crippen molar-refractivity contribution in [2.45, 2.75) is 65.5 Å². The smallest absolute Gasteiger partial charge is 0.407 e. The summed E-state index contributed by atoms with van der Waals surface area (Å²) in [6.07, 6.45) is 7.34. The van der Waals surface area contributed by atoms with Crippen LogP contribution in [0.3, 0.4) is 0 Å². The Morgan fingerprint density at radius 3 is 2.71 bits per heavy atom. The number of cyclic esters (lactones) is 1. The SMILES string of the molecule is CCCCC/C=C/[C@H](OC(=O)C(C)(C)C)[C@H]1COC(=O)N1. The molecule has 1 heterocycles. The molecule has 1 aliphatic heterocycles. The lowest BCUT2D eigenvalue weighted by Crippen LogP contribution is -2.41.